The van der Waals surface area contributed by atoms with E-state index in [1.807, 2.05) is 0 Å². The number of nitrogens with one attached hydrogen (secondary N) is 1. The van der Waals surface area contributed by atoms with Crippen LogP contribution in [0.25, 0.3) is 10.6 Å². The predicted octanol–water partition coefficient (Wildman–Crippen LogP) is 5.93. The van der Waals surface area contributed by atoms with Crippen LogP contribution in [0.3, 0.4) is 0 Å². The van der Waals surface area contributed by atoms with Crippen molar-refractivity contribution >= 4 is 22.9 Å². The lowest BCUT2D eigenvalue weighted by atomic mass is 10.2. The standard InChI is InChI=1S/C24H18F2N2O3S/c1-30-17-11-7-16(8-12-17)27-23(29)22-14-32-24(28-22)15-5-9-18(10-6-15)31-13-19-20(25)3-2-4-21(19)26/h2-12,14H,13H2,1H3,(H,27,29). The SMILES string of the molecule is COc1ccc(NC(=O)c2csc(-c3ccc(OCc4c(F)cccc4F)cc3)n2)cc1. The van der Waals surface area contributed by atoms with Gasteiger partial charge in [-0.25, -0.2) is 13.8 Å². The minimum atomic E-state index is -0.648. The van der Waals surface area contributed by atoms with Gasteiger partial charge < -0.3 is 14.8 Å². The molecule has 1 aromatic heterocycles. The van der Waals surface area contributed by atoms with E-state index >= 15 is 0 Å². The number of carbonyl (C=O) groups excluding carboxylic acids is 1. The molecule has 0 spiro atoms. The van der Waals surface area contributed by atoms with Gasteiger partial charge in [0.25, 0.3) is 5.91 Å². The highest BCUT2D eigenvalue weighted by atomic mass is 32.1. The second kappa shape index (κ2) is 9.57. The van der Waals surface area contributed by atoms with E-state index in [1.54, 1.807) is 61.0 Å². The maximum absolute atomic E-state index is 13.7. The molecular formula is C24H18F2N2O3S. The first-order valence-electron chi connectivity index (χ1n) is 9.60. The Morgan fingerprint density at radius 2 is 1.62 bits per heavy atom. The Balaban J connectivity index is 1.39. The van der Waals surface area contributed by atoms with Gasteiger partial charge in [0, 0.05) is 16.6 Å². The minimum absolute atomic E-state index is 0.121. The van der Waals surface area contributed by atoms with Crippen LogP contribution < -0.4 is 14.8 Å². The molecule has 0 saturated carbocycles. The van der Waals surface area contributed by atoms with E-state index in [0.717, 1.165) is 5.56 Å². The minimum Gasteiger partial charge on any atom is -0.497 e. The maximum Gasteiger partial charge on any atom is 0.275 e. The van der Waals surface area contributed by atoms with E-state index in [-0.39, 0.29) is 18.1 Å². The molecule has 4 rings (SSSR count). The summed E-state index contributed by atoms with van der Waals surface area (Å²) >= 11 is 1.34. The van der Waals surface area contributed by atoms with Gasteiger partial charge in [-0.1, -0.05) is 6.07 Å². The van der Waals surface area contributed by atoms with Crippen molar-refractivity contribution in [1.82, 2.24) is 4.98 Å². The number of thiazole rings is 1. The highest BCUT2D eigenvalue weighted by molar-refractivity contribution is 7.13. The van der Waals surface area contributed by atoms with Crippen molar-refractivity contribution in [2.45, 2.75) is 6.61 Å². The van der Waals surface area contributed by atoms with Gasteiger partial charge in [0.05, 0.1) is 12.7 Å². The molecule has 3 aromatic carbocycles. The second-order valence-corrected chi connectivity index (χ2v) is 7.59. The lowest BCUT2D eigenvalue weighted by Crippen LogP contribution is -2.12. The topological polar surface area (TPSA) is 60.5 Å². The fraction of sp³-hybridized carbons (Fsp3) is 0.0833. The highest BCUT2D eigenvalue weighted by Gasteiger charge is 2.13. The average molecular weight is 452 g/mol. The number of nitrogens with zero attached hydrogens (tertiary/aromatic N) is 1. The Kier molecular flexibility index (Phi) is 6.42. The van der Waals surface area contributed by atoms with Gasteiger partial charge in [-0.2, -0.15) is 0 Å². The zero-order valence-electron chi connectivity index (χ0n) is 17.0. The van der Waals surface area contributed by atoms with E-state index in [4.69, 9.17) is 9.47 Å². The Bertz CT molecular complexity index is 1200. The van der Waals surface area contributed by atoms with Gasteiger partial charge in [0.15, 0.2) is 0 Å². The second-order valence-electron chi connectivity index (χ2n) is 6.73. The van der Waals surface area contributed by atoms with Crippen molar-refractivity contribution < 1.29 is 23.0 Å². The number of halogens is 2. The van der Waals surface area contributed by atoms with Crippen LogP contribution >= 0.6 is 11.3 Å². The number of anilines is 1. The van der Waals surface area contributed by atoms with Gasteiger partial charge in [-0.3, -0.25) is 4.79 Å². The Hall–Kier alpha value is -3.78. The van der Waals surface area contributed by atoms with E-state index in [1.165, 1.54) is 29.5 Å². The number of hydrogen-bond acceptors (Lipinski definition) is 5. The van der Waals surface area contributed by atoms with Crippen LogP contribution in [0.4, 0.5) is 14.5 Å². The van der Waals surface area contributed by atoms with Crippen molar-refractivity contribution in [2.75, 3.05) is 12.4 Å². The number of rotatable bonds is 7. The molecule has 0 atom stereocenters. The number of carbonyl (C=O) groups is 1. The fourth-order valence-electron chi connectivity index (χ4n) is 2.90. The van der Waals surface area contributed by atoms with Crippen LogP contribution in [-0.2, 0) is 6.61 Å². The van der Waals surface area contributed by atoms with Crippen molar-refractivity contribution in [3.8, 4) is 22.1 Å². The molecular weight excluding hydrogens is 434 g/mol. The summed E-state index contributed by atoms with van der Waals surface area (Å²) < 4.78 is 38.0. The number of benzene rings is 3. The van der Waals surface area contributed by atoms with Gasteiger partial charge in [0.1, 0.15) is 40.4 Å². The summed E-state index contributed by atoms with van der Waals surface area (Å²) in [6.07, 6.45) is 0. The first-order valence-corrected chi connectivity index (χ1v) is 10.5. The molecule has 8 heteroatoms. The fourth-order valence-corrected chi connectivity index (χ4v) is 3.71. The molecule has 0 bridgehead atoms. The molecule has 1 heterocycles. The quantitative estimate of drug-likeness (QED) is 0.378. The lowest BCUT2D eigenvalue weighted by Gasteiger charge is -2.08. The van der Waals surface area contributed by atoms with E-state index < -0.39 is 11.6 Å². The van der Waals surface area contributed by atoms with E-state index in [9.17, 15) is 13.6 Å². The third kappa shape index (κ3) is 4.92. The van der Waals surface area contributed by atoms with Crippen molar-refractivity contribution in [2.24, 2.45) is 0 Å². The van der Waals surface area contributed by atoms with Gasteiger partial charge in [0.2, 0.25) is 0 Å². The van der Waals surface area contributed by atoms with E-state index in [0.29, 0.717) is 27.9 Å². The summed E-state index contributed by atoms with van der Waals surface area (Å²) in [5, 5.41) is 5.14. The molecule has 0 saturated heterocycles. The summed E-state index contributed by atoms with van der Waals surface area (Å²) in [5.74, 6) is -0.449. The summed E-state index contributed by atoms with van der Waals surface area (Å²) in [6, 6.07) is 17.6. The third-order valence-electron chi connectivity index (χ3n) is 4.63. The van der Waals surface area contributed by atoms with Crippen LogP contribution in [0.5, 0.6) is 11.5 Å². The van der Waals surface area contributed by atoms with Crippen LogP contribution in [0, 0.1) is 11.6 Å². The monoisotopic (exact) mass is 452 g/mol. The molecule has 32 heavy (non-hydrogen) atoms. The Morgan fingerprint density at radius 1 is 0.969 bits per heavy atom. The average Bonchev–Trinajstić information content (AvgIpc) is 3.30. The first-order chi connectivity index (χ1) is 15.5. The predicted molar refractivity (Wildman–Crippen MR) is 119 cm³/mol. The molecule has 0 radical (unpaired) electrons. The molecule has 0 unspecified atom stereocenters. The van der Waals surface area contributed by atoms with Crippen LogP contribution in [0.15, 0.2) is 72.1 Å². The Labute approximate surface area is 187 Å². The first kappa shape index (κ1) is 21.5. The summed E-state index contributed by atoms with van der Waals surface area (Å²) in [4.78, 5) is 16.9. The third-order valence-corrected chi connectivity index (χ3v) is 5.52. The van der Waals surface area contributed by atoms with Crippen LogP contribution in [0.1, 0.15) is 16.1 Å². The van der Waals surface area contributed by atoms with Gasteiger partial charge in [-0.05, 0) is 60.7 Å². The maximum atomic E-state index is 13.7. The number of amides is 1. The normalized spacial score (nSPS) is 10.6. The molecule has 1 amide bonds. The molecule has 0 aliphatic heterocycles. The van der Waals surface area contributed by atoms with Crippen molar-refractivity contribution in [3.63, 3.8) is 0 Å². The molecule has 0 aliphatic rings. The summed E-state index contributed by atoms with van der Waals surface area (Å²) in [7, 11) is 1.58. The molecule has 162 valence electrons. The van der Waals surface area contributed by atoms with Gasteiger partial charge >= 0.3 is 0 Å². The van der Waals surface area contributed by atoms with Crippen LogP contribution in [-0.4, -0.2) is 18.0 Å². The largest absolute Gasteiger partial charge is 0.497 e. The molecule has 4 aromatic rings. The highest BCUT2D eigenvalue weighted by Crippen LogP contribution is 2.27. The van der Waals surface area contributed by atoms with Crippen molar-refractivity contribution in [1.29, 1.82) is 0 Å². The van der Waals surface area contributed by atoms with E-state index in [2.05, 4.69) is 10.3 Å². The number of methoxy groups -OCH3 is 1. The number of hydrogen-bond donors (Lipinski definition) is 1. The van der Waals surface area contributed by atoms with Crippen molar-refractivity contribution in [3.05, 3.63) is 95.0 Å². The van der Waals surface area contributed by atoms with Crippen LogP contribution in [0.2, 0.25) is 0 Å². The zero-order chi connectivity index (χ0) is 22.5. The smallest absolute Gasteiger partial charge is 0.275 e. The lowest BCUT2D eigenvalue weighted by molar-refractivity contribution is 0.102. The molecule has 5 nitrogen and oxygen atoms in total. The molecule has 1 N–H and O–H groups in total. The van der Waals surface area contributed by atoms with Gasteiger partial charge in [-0.15, -0.1) is 11.3 Å². The summed E-state index contributed by atoms with van der Waals surface area (Å²) in [6.45, 7) is -0.217. The number of aromatic nitrogens is 1. The molecule has 0 fully saturated rings. The molecule has 0 aliphatic carbocycles. The number of ether oxygens (including phenoxy) is 2. The summed E-state index contributed by atoms with van der Waals surface area (Å²) in [5.41, 5.74) is 1.61. The Morgan fingerprint density at radius 3 is 2.28 bits per heavy atom. The zero-order valence-corrected chi connectivity index (χ0v) is 17.8.